The molecule has 0 aliphatic heterocycles. The molecular weight excluding hydrogens is 600 g/mol. The number of Topliss-reactive ketones (excluding diaryl/α,β-unsaturated/α-hetero) is 2. The van der Waals surface area contributed by atoms with Crippen molar-refractivity contribution in [2.75, 3.05) is 13.1 Å². The smallest absolute Gasteiger partial charge is 0.246 e. The van der Waals surface area contributed by atoms with E-state index in [-0.39, 0.29) is 60.6 Å². The lowest BCUT2D eigenvalue weighted by atomic mass is 10.0. The van der Waals surface area contributed by atoms with E-state index in [1.165, 1.54) is 18.2 Å². The van der Waals surface area contributed by atoms with Crippen LogP contribution in [0.15, 0.2) is 74.4 Å². The molecule has 0 heterocycles. The molecule has 0 aromatic carbocycles. The molecule has 0 saturated heterocycles. The van der Waals surface area contributed by atoms with Gasteiger partial charge in [-0.2, -0.15) is 0 Å². The quantitative estimate of drug-likeness (QED) is 0.112. The van der Waals surface area contributed by atoms with Crippen molar-refractivity contribution in [3.05, 3.63) is 74.4 Å². The minimum absolute atomic E-state index is 0.0368. The fourth-order valence-corrected chi connectivity index (χ4v) is 2.84. The van der Waals surface area contributed by atoms with E-state index in [1.54, 1.807) is 20.8 Å². The Balaban J connectivity index is -0.000000273. The summed E-state index contributed by atoms with van der Waals surface area (Å²) in [5.41, 5.74) is 1.58. The first-order valence-corrected chi connectivity index (χ1v) is 15.8. The number of rotatable bonds is 22. The van der Waals surface area contributed by atoms with E-state index in [9.17, 15) is 39.0 Å². The van der Waals surface area contributed by atoms with Gasteiger partial charge in [0.2, 0.25) is 11.8 Å². The van der Waals surface area contributed by atoms with Crippen molar-refractivity contribution in [2.45, 2.75) is 111 Å². The van der Waals surface area contributed by atoms with Gasteiger partial charge in [-0.3, -0.25) is 28.8 Å². The van der Waals surface area contributed by atoms with Gasteiger partial charge in [-0.15, -0.1) is 0 Å². The zero-order valence-corrected chi connectivity index (χ0v) is 29.5. The number of aliphatic hydroxyl groups excluding tert-OH is 2. The van der Waals surface area contributed by atoms with E-state index in [1.807, 2.05) is 13.8 Å². The van der Waals surface area contributed by atoms with Crippen molar-refractivity contribution in [1.82, 2.24) is 10.6 Å². The minimum Gasteiger partial charge on any atom is -0.393 e. The van der Waals surface area contributed by atoms with Crippen LogP contribution in [0.4, 0.5) is 0 Å². The fourth-order valence-electron chi connectivity index (χ4n) is 2.84. The lowest BCUT2D eigenvalue weighted by Crippen LogP contribution is -2.24. The Bertz CT molecular complexity index is 1000. The van der Waals surface area contributed by atoms with Crippen LogP contribution in [0.25, 0.3) is 0 Å². The van der Waals surface area contributed by atoms with Gasteiger partial charge >= 0.3 is 0 Å². The molecule has 0 aromatic rings. The van der Waals surface area contributed by atoms with E-state index < -0.39 is 12.2 Å². The predicted molar refractivity (Wildman–Crippen MR) is 191 cm³/mol. The largest absolute Gasteiger partial charge is 0.393 e. The third kappa shape index (κ3) is 38.1. The first-order chi connectivity index (χ1) is 21.9. The number of hydrogen-bond donors (Lipinski definition) is 4. The van der Waals surface area contributed by atoms with Gasteiger partial charge in [-0.25, -0.2) is 0 Å². The topological polar surface area (TPSA) is 167 Å². The molecule has 0 aromatic heterocycles. The summed E-state index contributed by atoms with van der Waals surface area (Å²) in [4.78, 5) is 65.0. The summed E-state index contributed by atoms with van der Waals surface area (Å²) in [7, 11) is 0. The second kappa shape index (κ2) is 33.3. The molecule has 0 spiro atoms. The van der Waals surface area contributed by atoms with Crippen LogP contribution in [0.1, 0.15) is 98.8 Å². The molecule has 10 nitrogen and oxygen atoms in total. The number of carbonyl (C=O) groups is 6. The van der Waals surface area contributed by atoms with Crippen molar-refractivity contribution >= 4 is 34.9 Å². The predicted octanol–water partition coefficient (Wildman–Crippen LogP) is 5.40. The van der Waals surface area contributed by atoms with Crippen molar-refractivity contribution in [1.29, 1.82) is 0 Å². The van der Waals surface area contributed by atoms with E-state index in [4.69, 9.17) is 0 Å². The number of nitrogens with one attached hydrogen (secondary N) is 2. The summed E-state index contributed by atoms with van der Waals surface area (Å²) in [6.45, 7) is 31.0. The average molecular weight is 661 g/mol. The number of hydrogen-bond acceptors (Lipinski definition) is 8. The Morgan fingerprint density at radius 1 is 0.574 bits per heavy atom. The van der Waals surface area contributed by atoms with Gasteiger partial charge in [0.15, 0.2) is 23.1 Å². The summed E-state index contributed by atoms with van der Waals surface area (Å²) in [6, 6.07) is 0. The number of carbonyl (C=O) groups excluding carboxylic acids is 6. The molecule has 0 rings (SSSR count). The molecule has 47 heavy (non-hydrogen) atoms. The highest BCUT2D eigenvalue weighted by Gasteiger charge is 2.11. The Morgan fingerprint density at radius 3 is 1.19 bits per heavy atom. The monoisotopic (exact) mass is 660 g/mol. The normalized spacial score (nSPS) is 9.47. The van der Waals surface area contributed by atoms with E-state index in [2.05, 4.69) is 50.1 Å². The maximum Gasteiger partial charge on any atom is 0.246 e. The van der Waals surface area contributed by atoms with E-state index in [0.29, 0.717) is 42.4 Å². The first-order valence-electron chi connectivity index (χ1n) is 15.8. The van der Waals surface area contributed by atoms with E-state index in [0.717, 1.165) is 25.9 Å². The highest BCUT2D eigenvalue weighted by Crippen LogP contribution is 2.10. The Kier molecular flexibility index (Phi) is 35.4. The van der Waals surface area contributed by atoms with E-state index >= 15 is 0 Å². The molecular formula is C37H60N2O8. The highest BCUT2D eigenvalue weighted by molar-refractivity contribution is 5.94. The summed E-state index contributed by atoms with van der Waals surface area (Å²) in [5.74, 6) is -0.377. The van der Waals surface area contributed by atoms with Crippen LogP contribution in [0.2, 0.25) is 0 Å². The highest BCUT2D eigenvalue weighted by atomic mass is 16.3. The zero-order chi connectivity index (χ0) is 37.4. The number of amides is 2. The molecule has 0 radical (unpaired) electrons. The molecule has 0 atom stereocenters. The van der Waals surface area contributed by atoms with Gasteiger partial charge in [0.25, 0.3) is 0 Å². The molecule has 0 aliphatic carbocycles. The molecule has 0 fully saturated rings. The second-order valence-electron chi connectivity index (χ2n) is 10.7. The lowest BCUT2D eigenvalue weighted by molar-refractivity contribution is -0.118. The maximum absolute atomic E-state index is 11.2. The standard InChI is InChI=1S/C13H20O3.C11H16O3.C7H13NO.C6H11NO/c1-9(2)12(15)7-5-11(14)6-8-13(16)10(3)4;1-3-9(12)5-7-11(14)8-6-10(13)4-2;1-4-5-8-7(9)6(2)3;1-3-5-7-6(8)4-2/h11,14H,1,3,5-8H2,2,4H3;3-4,11,14H,1-2,5-8H2;2,4-5H2,1,3H3,(H,8,9);4H,2-3,5H2,1H3,(H,7,8). The molecule has 2 amide bonds. The Labute approximate surface area is 282 Å². The van der Waals surface area contributed by atoms with Crippen LogP contribution >= 0.6 is 0 Å². The second-order valence-corrected chi connectivity index (χ2v) is 10.7. The third-order valence-corrected chi connectivity index (χ3v) is 5.92. The molecule has 10 heteroatoms. The summed E-state index contributed by atoms with van der Waals surface area (Å²) >= 11 is 0. The van der Waals surface area contributed by atoms with Crippen LogP contribution in [0.3, 0.4) is 0 Å². The van der Waals surface area contributed by atoms with Gasteiger partial charge in [-0.05, 0) is 88.7 Å². The van der Waals surface area contributed by atoms with Crippen molar-refractivity contribution in [3.63, 3.8) is 0 Å². The number of allylic oxidation sites excluding steroid dienone is 4. The lowest BCUT2D eigenvalue weighted by Gasteiger charge is -2.09. The summed E-state index contributed by atoms with van der Waals surface area (Å²) in [5, 5.41) is 24.2. The molecule has 266 valence electrons. The molecule has 4 N–H and O–H groups in total. The van der Waals surface area contributed by atoms with Crippen molar-refractivity contribution in [2.24, 2.45) is 0 Å². The fraction of sp³-hybridized carbons (Fsp3) is 0.514. The van der Waals surface area contributed by atoms with Crippen molar-refractivity contribution < 1.29 is 39.0 Å². The van der Waals surface area contributed by atoms with Gasteiger partial charge in [0.05, 0.1) is 12.2 Å². The molecule has 0 unspecified atom stereocenters. The zero-order valence-electron chi connectivity index (χ0n) is 29.5. The van der Waals surface area contributed by atoms with Crippen LogP contribution in [0.5, 0.6) is 0 Å². The van der Waals surface area contributed by atoms with Crippen LogP contribution in [0, 0.1) is 0 Å². The third-order valence-electron chi connectivity index (χ3n) is 5.92. The summed E-state index contributed by atoms with van der Waals surface area (Å²) < 4.78 is 0. The van der Waals surface area contributed by atoms with Gasteiger partial charge < -0.3 is 20.8 Å². The maximum atomic E-state index is 11.2. The Morgan fingerprint density at radius 2 is 0.915 bits per heavy atom. The number of aliphatic hydroxyl groups is 2. The van der Waals surface area contributed by atoms with Gasteiger partial charge in [0, 0.05) is 44.3 Å². The minimum atomic E-state index is -0.605. The van der Waals surface area contributed by atoms with Gasteiger partial charge in [0.1, 0.15) is 0 Å². The SMILES string of the molecule is C=C(C)C(=O)CCC(O)CCC(=O)C(=C)C.C=C(C)C(=O)NCCC.C=CC(=O)CCC(O)CCC(=O)C=C.C=CC(=O)NCCC. The first kappa shape index (κ1) is 49.9. The molecule has 0 bridgehead atoms. The van der Waals surface area contributed by atoms with Crippen molar-refractivity contribution in [3.8, 4) is 0 Å². The molecule has 0 saturated carbocycles. The Hall–Kier alpha value is -4.02. The van der Waals surface area contributed by atoms with Crippen LogP contribution in [-0.2, 0) is 28.8 Å². The average Bonchev–Trinajstić information content (AvgIpc) is 3.05. The van der Waals surface area contributed by atoms with Gasteiger partial charge in [-0.1, -0.05) is 53.3 Å². The summed E-state index contributed by atoms with van der Waals surface area (Å²) in [6.07, 6.45) is 7.18. The van der Waals surface area contributed by atoms with Crippen LogP contribution < -0.4 is 10.6 Å². The molecule has 0 aliphatic rings. The number of ketones is 4. The van der Waals surface area contributed by atoms with Crippen LogP contribution in [-0.4, -0.2) is 70.5 Å².